The van der Waals surface area contributed by atoms with Gasteiger partial charge in [0, 0.05) is 37.6 Å². The Bertz CT molecular complexity index is 1700. The third kappa shape index (κ3) is 5.60. The van der Waals surface area contributed by atoms with Crippen LogP contribution in [-0.4, -0.2) is 52.6 Å². The van der Waals surface area contributed by atoms with E-state index in [0.29, 0.717) is 30.6 Å². The van der Waals surface area contributed by atoms with Gasteiger partial charge in [0.2, 0.25) is 5.95 Å². The molecular weight excluding hydrogens is 509 g/mol. The number of nitrogens with one attached hydrogen (secondary N) is 2. The highest BCUT2D eigenvalue weighted by atomic mass is 19.1. The van der Waals surface area contributed by atoms with Gasteiger partial charge in [0.1, 0.15) is 17.0 Å². The van der Waals surface area contributed by atoms with Crippen LogP contribution in [0, 0.1) is 5.82 Å². The second kappa shape index (κ2) is 11.3. The fourth-order valence-corrected chi connectivity index (χ4v) is 5.24. The normalized spacial score (nSPS) is 14.5. The zero-order valence-corrected chi connectivity index (χ0v) is 22.0. The lowest BCUT2D eigenvalue weighted by Crippen LogP contribution is -2.43. The molecule has 0 atom stereocenters. The first-order valence-electron chi connectivity index (χ1n) is 13.5. The molecule has 1 aliphatic heterocycles. The highest BCUT2D eigenvalue weighted by Crippen LogP contribution is 2.24. The summed E-state index contributed by atoms with van der Waals surface area (Å²) in [6, 6.07) is 23.6. The molecule has 1 amide bonds. The molecule has 1 fully saturated rings. The first-order valence-corrected chi connectivity index (χ1v) is 13.5. The third-order valence-electron chi connectivity index (χ3n) is 7.43. The fraction of sp³-hybridized carbons (Fsp3) is 0.258. The van der Waals surface area contributed by atoms with Crippen molar-refractivity contribution < 1.29 is 13.6 Å². The number of imidazole rings is 1. The van der Waals surface area contributed by atoms with E-state index >= 15 is 0 Å². The summed E-state index contributed by atoms with van der Waals surface area (Å²) >= 11 is 0. The van der Waals surface area contributed by atoms with Crippen molar-refractivity contribution in [2.24, 2.45) is 0 Å². The number of benzene rings is 3. The van der Waals surface area contributed by atoms with Crippen molar-refractivity contribution >= 4 is 33.9 Å². The lowest BCUT2D eigenvalue weighted by atomic mass is 10.1. The number of carbonyl (C=O) groups excluding carboxylic acids is 1. The monoisotopic (exact) mass is 539 g/mol. The summed E-state index contributed by atoms with van der Waals surface area (Å²) in [5.41, 5.74) is 2.81. The predicted octanol–water partition coefficient (Wildman–Crippen LogP) is 4.64. The second-order valence-corrected chi connectivity index (χ2v) is 10.1. The van der Waals surface area contributed by atoms with Gasteiger partial charge in [0.15, 0.2) is 0 Å². The highest BCUT2D eigenvalue weighted by molar-refractivity contribution is 5.96. The number of para-hydroxylation sites is 3. The molecule has 1 saturated heterocycles. The Kier molecular flexibility index (Phi) is 7.29. The van der Waals surface area contributed by atoms with Crippen molar-refractivity contribution in [3.8, 4) is 0 Å². The highest BCUT2D eigenvalue weighted by Gasteiger charge is 2.22. The Labute approximate surface area is 230 Å². The van der Waals surface area contributed by atoms with Gasteiger partial charge in [-0.1, -0.05) is 42.5 Å². The van der Waals surface area contributed by atoms with E-state index in [-0.39, 0.29) is 17.4 Å². The molecule has 3 aromatic carbocycles. The Balaban J connectivity index is 1.04. The van der Waals surface area contributed by atoms with Gasteiger partial charge >= 0.3 is 5.63 Å². The number of fused-ring (bicyclic) bond motifs is 2. The first-order chi connectivity index (χ1) is 19.5. The van der Waals surface area contributed by atoms with Gasteiger partial charge in [-0.25, -0.2) is 14.2 Å². The quantitative estimate of drug-likeness (QED) is 0.279. The SMILES string of the molecule is O=C(NCCN1CCC(Nc2nc3ccccc3n2Cc2ccc(F)cc2)CC1)c1cc2ccccc2oc1=O. The first kappa shape index (κ1) is 25.8. The van der Waals surface area contributed by atoms with E-state index in [9.17, 15) is 14.0 Å². The van der Waals surface area contributed by atoms with Crippen LogP contribution in [0.1, 0.15) is 28.8 Å². The number of piperidine rings is 1. The van der Waals surface area contributed by atoms with Gasteiger partial charge in [-0.15, -0.1) is 0 Å². The molecule has 0 bridgehead atoms. The second-order valence-electron chi connectivity index (χ2n) is 10.1. The minimum absolute atomic E-state index is 0.0186. The zero-order valence-electron chi connectivity index (χ0n) is 22.0. The molecule has 0 unspecified atom stereocenters. The molecule has 9 heteroatoms. The number of hydrogen-bond acceptors (Lipinski definition) is 6. The Hall–Kier alpha value is -4.50. The van der Waals surface area contributed by atoms with Crippen molar-refractivity contribution in [1.82, 2.24) is 19.8 Å². The Morgan fingerprint density at radius 3 is 2.58 bits per heavy atom. The minimum Gasteiger partial charge on any atom is -0.422 e. The Morgan fingerprint density at radius 1 is 1.00 bits per heavy atom. The van der Waals surface area contributed by atoms with Gasteiger partial charge in [0.05, 0.1) is 17.6 Å². The number of nitrogens with zero attached hydrogens (tertiary/aromatic N) is 3. The number of aromatic nitrogens is 2. The molecule has 6 rings (SSSR count). The van der Waals surface area contributed by atoms with E-state index in [0.717, 1.165) is 48.5 Å². The maximum atomic E-state index is 13.4. The lowest BCUT2D eigenvalue weighted by molar-refractivity contribution is 0.0942. The topological polar surface area (TPSA) is 92.4 Å². The standard InChI is InChI=1S/C31H30FN5O3/c32-23-11-9-21(10-12-23)20-37-27-7-3-2-6-26(27)35-31(37)34-24-13-16-36(17-14-24)18-15-33-29(38)25-19-22-5-1-4-8-28(22)40-30(25)39/h1-12,19,24H,13-18,20H2,(H,33,38)(H,34,35). The molecule has 2 aromatic heterocycles. The lowest BCUT2D eigenvalue weighted by Gasteiger charge is -2.32. The summed E-state index contributed by atoms with van der Waals surface area (Å²) in [5, 5.41) is 7.22. The van der Waals surface area contributed by atoms with E-state index < -0.39 is 11.5 Å². The fourth-order valence-electron chi connectivity index (χ4n) is 5.24. The number of amides is 1. The minimum atomic E-state index is -0.631. The number of rotatable bonds is 8. The average Bonchev–Trinajstić information content (AvgIpc) is 3.31. The number of hydrogen-bond donors (Lipinski definition) is 2. The smallest absolute Gasteiger partial charge is 0.349 e. The van der Waals surface area contributed by atoms with Gasteiger partial charge in [-0.2, -0.15) is 0 Å². The summed E-state index contributed by atoms with van der Waals surface area (Å²) in [7, 11) is 0. The molecule has 0 radical (unpaired) electrons. The predicted molar refractivity (Wildman–Crippen MR) is 153 cm³/mol. The summed E-state index contributed by atoms with van der Waals surface area (Å²) in [4.78, 5) is 32.0. The Morgan fingerprint density at radius 2 is 1.75 bits per heavy atom. The molecule has 0 spiro atoms. The molecule has 204 valence electrons. The molecule has 2 N–H and O–H groups in total. The van der Waals surface area contributed by atoms with E-state index in [1.807, 2.05) is 30.3 Å². The van der Waals surface area contributed by atoms with E-state index in [1.165, 1.54) is 12.1 Å². The number of likely N-dealkylation sites (tertiary alicyclic amines) is 1. The van der Waals surface area contributed by atoms with E-state index in [2.05, 4.69) is 26.2 Å². The van der Waals surface area contributed by atoms with Crippen LogP contribution < -0.4 is 16.3 Å². The van der Waals surface area contributed by atoms with Crippen molar-refractivity contribution in [1.29, 1.82) is 0 Å². The van der Waals surface area contributed by atoms with Gasteiger partial charge in [0.25, 0.3) is 5.91 Å². The molecule has 0 aliphatic carbocycles. The molecule has 5 aromatic rings. The molecule has 3 heterocycles. The van der Waals surface area contributed by atoms with Gasteiger partial charge in [-0.05, 0) is 54.8 Å². The van der Waals surface area contributed by atoms with Crippen LogP contribution in [0.3, 0.4) is 0 Å². The summed E-state index contributed by atoms with van der Waals surface area (Å²) in [5.74, 6) is 0.143. The van der Waals surface area contributed by atoms with Crippen molar-refractivity contribution in [3.05, 3.63) is 106 Å². The molecular formula is C31H30FN5O3. The molecule has 1 aliphatic rings. The number of halogens is 1. The summed E-state index contributed by atoms with van der Waals surface area (Å²) < 4.78 is 20.9. The maximum absolute atomic E-state index is 13.4. The van der Waals surface area contributed by atoms with Crippen molar-refractivity contribution in [2.75, 3.05) is 31.5 Å². The van der Waals surface area contributed by atoms with Crippen LogP contribution in [-0.2, 0) is 6.54 Å². The van der Waals surface area contributed by atoms with Crippen molar-refractivity contribution in [3.63, 3.8) is 0 Å². The number of carbonyl (C=O) groups is 1. The molecule has 0 saturated carbocycles. The van der Waals surface area contributed by atoms with Crippen LogP contribution >= 0.6 is 0 Å². The number of anilines is 1. The van der Waals surface area contributed by atoms with Crippen LogP contribution in [0.5, 0.6) is 0 Å². The summed E-state index contributed by atoms with van der Waals surface area (Å²) in [6.45, 7) is 3.49. The van der Waals surface area contributed by atoms with Gasteiger partial charge in [-0.3, -0.25) is 4.79 Å². The molecule has 8 nitrogen and oxygen atoms in total. The zero-order chi connectivity index (χ0) is 27.5. The van der Waals surface area contributed by atoms with Crippen LogP contribution in [0.15, 0.2) is 88.1 Å². The van der Waals surface area contributed by atoms with Crippen LogP contribution in [0.4, 0.5) is 10.3 Å². The van der Waals surface area contributed by atoms with Crippen molar-refractivity contribution in [2.45, 2.75) is 25.4 Å². The van der Waals surface area contributed by atoms with E-state index in [4.69, 9.17) is 9.40 Å². The summed E-state index contributed by atoms with van der Waals surface area (Å²) in [6.07, 6.45) is 1.87. The van der Waals surface area contributed by atoms with E-state index in [1.54, 1.807) is 30.3 Å². The van der Waals surface area contributed by atoms with Gasteiger partial charge < -0.3 is 24.5 Å². The average molecular weight is 540 g/mol. The third-order valence-corrected chi connectivity index (χ3v) is 7.43. The largest absolute Gasteiger partial charge is 0.422 e. The molecule has 40 heavy (non-hydrogen) atoms. The van der Waals surface area contributed by atoms with Crippen LogP contribution in [0.25, 0.3) is 22.0 Å². The van der Waals surface area contributed by atoms with Crippen LogP contribution in [0.2, 0.25) is 0 Å². The maximum Gasteiger partial charge on any atom is 0.349 e.